The van der Waals surface area contributed by atoms with Crippen LogP contribution in [-0.4, -0.2) is 30.9 Å². The zero-order valence-corrected chi connectivity index (χ0v) is 16.9. The molecule has 5 rings (SSSR count). The number of nitrogens with zero attached hydrogens (tertiary/aromatic N) is 5. The van der Waals surface area contributed by atoms with Gasteiger partial charge < -0.3 is 10.1 Å². The molecule has 0 unspecified atom stereocenters. The molecule has 34 heavy (non-hydrogen) atoms. The second kappa shape index (κ2) is 8.06. The number of hydrogen-bond donors (Lipinski definition) is 1. The first kappa shape index (κ1) is 21.2. The molecule has 0 aliphatic heterocycles. The van der Waals surface area contributed by atoms with Gasteiger partial charge in [0.25, 0.3) is 5.56 Å². The maximum absolute atomic E-state index is 14.0. The van der Waals surface area contributed by atoms with E-state index in [-0.39, 0.29) is 28.7 Å². The van der Waals surface area contributed by atoms with Crippen LogP contribution in [0.25, 0.3) is 27.9 Å². The third-order valence-corrected chi connectivity index (χ3v) is 4.72. The fraction of sp³-hybridized carbons (Fsp3) is 0.0455. The quantitative estimate of drug-likeness (QED) is 0.389. The molecule has 0 saturated carbocycles. The molecule has 0 aliphatic rings. The fourth-order valence-electron chi connectivity index (χ4n) is 3.31. The van der Waals surface area contributed by atoms with E-state index in [1.165, 1.54) is 16.8 Å². The Balaban J connectivity index is 1.74. The van der Waals surface area contributed by atoms with Gasteiger partial charge in [-0.3, -0.25) is 4.79 Å². The third kappa shape index (κ3) is 4.08. The largest absolute Gasteiger partial charge is 0.573 e. The lowest BCUT2D eigenvalue weighted by Gasteiger charge is -2.11. The highest BCUT2D eigenvalue weighted by atomic mass is 19.4. The van der Waals surface area contributed by atoms with Gasteiger partial charge in [-0.1, -0.05) is 18.2 Å². The van der Waals surface area contributed by atoms with Crippen molar-refractivity contribution in [1.82, 2.24) is 24.6 Å². The van der Waals surface area contributed by atoms with Gasteiger partial charge in [-0.05, 0) is 42.5 Å². The number of fused-ring (bicyclic) bond motifs is 3. The number of anilines is 2. The van der Waals surface area contributed by atoms with Crippen LogP contribution < -0.4 is 15.6 Å². The molecule has 0 spiro atoms. The van der Waals surface area contributed by atoms with Crippen molar-refractivity contribution in [3.8, 4) is 17.1 Å². The highest BCUT2D eigenvalue weighted by Gasteiger charge is 2.33. The number of alkyl halides is 3. The molecule has 8 nitrogen and oxygen atoms in total. The number of halogens is 4. The van der Waals surface area contributed by atoms with Crippen LogP contribution in [-0.2, 0) is 0 Å². The van der Waals surface area contributed by atoms with Crippen molar-refractivity contribution in [3.05, 3.63) is 83.0 Å². The second-order valence-corrected chi connectivity index (χ2v) is 6.99. The zero-order valence-electron chi connectivity index (χ0n) is 16.9. The summed E-state index contributed by atoms with van der Waals surface area (Å²) in [5.74, 6) is -1.66. The lowest BCUT2D eigenvalue weighted by Crippen LogP contribution is -2.17. The smallest absolute Gasteiger partial charge is 0.405 e. The summed E-state index contributed by atoms with van der Waals surface area (Å²) in [6.45, 7) is 0. The van der Waals surface area contributed by atoms with Gasteiger partial charge in [-0.15, -0.1) is 18.3 Å². The normalized spacial score (nSPS) is 11.6. The highest BCUT2D eigenvalue weighted by Crippen LogP contribution is 2.34. The van der Waals surface area contributed by atoms with Crippen molar-refractivity contribution in [2.24, 2.45) is 0 Å². The van der Waals surface area contributed by atoms with E-state index in [1.54, 1.807) is 36.4 Å². The van der Waals surface area contributed by atoms with Gasteiger partial charge in [0.1, 0.15) is 17.3 Å². The molecule has 3 heterocycles. The molecule has 0 amide bonds. The van der Waals surface area contributed by atoms with E-state index in [4.69, 9.17) is 0 Å². The molecule has 170 valence electrons. The number of para-hydroxylation sites is 1. The van der Waals surface area contributed by atoms with E-state index in [2.05, 4.69) is 30.1 Å². The molecule has 0 saturated heterocycles. The standard InChI is InChI=1S/C22H12F4N6O2/c23-12-8-9-17(34-22(24,25)26)14(11-12)18-30-19-13-5-1-2-6-15(13)28-21(32(19)31-18)29-16-7-3-4-10-27-20(16)33/h1-11H,(H,27,28,29,33). The predicted molar refractivity (Wildman–Crippen MR) is 114 cm³/mol. The topological polar surface area (TPSA) is 94.3 Å². The molecule has 5 aromatic rings. The second-order valence-electron chi connectivity index (χ2n) is 6.99. The van der Waals surface area contributed by atoms with Crippen molar-refractivity contribution < 1.29 is 22.3 Å². The van der Waals surface area contributed by atoms with Crippen LogP contribution >= 0.6 is 0 Å². The first-order chi connectivity index (χ1) is 16.3. The number of aromatic nitrogens is 5. The first-order valence-electron chi connectivity index (χ1n) is 9.72. The summed E-state index contributed by atoms with van der Waals surface area (Å²) >= 11 is 0. The van der Waals surface area contributed by atoms with Crippen LogP contribution in [0.2, 0.25) is 0 Å². The predicted octanol–water partition coefficient (Wildman–Crippen LogP) is 4.48. The van der Waals surface area contributed by atoms with Gasteiger partial charge in [0.15, 0.2) is 11.5 Å². The first-order valence-corrected chi connectivity index (χ1v) is 9.72. The Hall–Kier alpha value is -4.61. The maximum atomic E-state index is 14.0. The van der Waals surface area contributed by atoms with Gasteiger partial charge >= 0.3 is 6.36 Å². The summed E-state index contributed by atoms with van der Waals surface area (Å²) in [4.78, 5) is 24.8. The number of nitrogens with one attached hydrogen (secondary N) is 1. The van der Waals surface area contributed by atoms with Crippen molar-refractivity contribution in [1.29, 1.82) is 0 Å². The lowest BCUT2D eigenvalue weighted by atomic mass is 10.2. The van der Waals surface area contributed by atoms with Gasteiger partial charge in [-0.2, -0.15) is 4.52 Å². The van der Waals surface area contributed by atoms with Gasteiger partial charge in [0.2, 0.25) is 5.95 Å². The van der Waals surface area contributed by atoms with Crippen molar-refractivity contribution in [2.75, 3.05) is 5.32 Å². The Morgan fingerprint density at radius 1 is 0.971 bits per heavy atom. The molecular weight excluding hydrogens is 456 g/mol. The molecule has 3 aromatic heterocycles. The van der Waals surface area contributed by atoms with Crippen LogP contribution in [0, 0.1) is 5.82 Å². The Labute approximate surface area is 187 Å². The molecule has 0 bridgehead atoms. The zero-order chi connectivity index (χ0) is 23.9. The minimum Gasteiger partial charge on any atom is -0.405 e. The summed E-state index contributed by atoms with van der Waals surface area (Å²) in [7, 11) is 0. The summed E-state index contributed by atoms with van der Waals surface area (Å²) in [6.07, 6.45) is -3.68. The SMILES string of the molecule is O=c1nccccc1Nc1nc2ccccc2c2nc(-c3cc(F)ccc3OC(F)(F)F)nn12. The summed E-state index contributed by atoms with van der Waals surface area (Å²) < 4.78 is 57.9. The van der Waals surface area contributed by atoms with Crippen LogP contribution in [0.15, 0.2) is 71.7 Å². The molecule has 0 aliphatic carbocycles. The Bertz CT molecular complexity index is 1600. The van der Waals surface area contributed by atoms with Gasteiger partial charge in [0.05, 0.1) is 11.1 Å². The lowest BCUT2D eigenvalue weighted by molar-refractivity contribution is -0.274. The van der Waals surface area contributed by atoms with Crippen LogP contribution in [0.4, 0.5) is 29.2 Å². The third-order valence-electron chi connectivity index (χ3n) is 4.72. The van der Waals surface area contributed by atoms with E-state index < -0.39 is 23.5 Å². The van der Waals surface area contributed by atoms with Crippen molar-refractivity contribution in [2.45, 2.75) is 6.36 Å². The van der Waals surface area contributed by atoms with E-state index in [1.807, 2.05) is 0 Å². The summed E-state index contributed by atoms with van der Waals surface area (Å²) in [5, 5.41) is 7.62. The Morgan fingerprint density at radius 2 is 1.76 bits per heavy atom. The van der Waals surface area contributed by atoms with Crippen LogP contribution in [0.5, 0.6) is 5.75 Å². The van der Waals surface area contributed by atoms with Crippen molar-refractivity contribution in [3.63, 3.8) is 0 Å². The maximum Gasteiger partial charge on any atom is 0.573 e. The minimum atomic E-state index is -5.01. The van der Waals surface area contributed by atoms with Crippen LogP contribution in [0.1, 0.15) is 0 Å². The summed E-state index contributed by atoms with van der Waals surface area (Å²) in [5.41, 5.74) is -0.111. The molecule has 12 heteroatoms. The molecule has 2 aromatic carbocycles. The molecule has 0 radical (unpaired) electrons. The fourth-order valence-corrected chi connectivity index (χ4v) is 3.31. The molecule has 1 N–H and O–H groups in total. The Morgan fingerprint density at radius 3 is 2.59 bits per heavy atom. The number of ether oxygens (including phenoxy) is 1. The van der Waals surface area contributed by atoms with E-state index >= 15 is 0 Å². The highest BCUT2D eigenvalue weighted by molar-refractivity contribution is 5.93. The number of benzene rings is 2. The Kier molecular flexibility index (Phi) is 5.04. The van der Waals surface area contributed by atoms with Crippen molar-refractivity contribution >= 4 is 28.2 Å². The van der Waals surface area contributed by atoms with E-state index in [0.29, 0.717) is 10.9 Å². The van der Waals surface area contributed by atoms with E-state index in [9.17, 15) is 22.4 Å². The molecular formula is C22H12F4N6O2. The van der Waals surface area contributed by atoms with Gasteiger partial charge in [0, 0.05) is 11.6 Å². The monoisotopic (exact) mass is 468 g/mol. The average molecular weight is 468 g/mol. The molecule has 0 fully saturated rings. The number of rotatable bonds is 4. The number of hydrogen-bond acceptors (Lipinski definition) is 7. The molecule has 0 atom stereocenters. The minimum absolute atomic E-state index is 0.0484. The van der Waals surface area contributed by atoms with Crippen LogP contribution in [0.3, 0.4) is 0 Å². The van der Waals surface area contributed by atoms with Gasteiger partial charge in [-0.25, -0.2) is 19.3 Å². The average Bonchev–Trinajstić information content (AvgIpc) is 3.14. The summed E-state index contributed by atoms with van der Waals surface area (Å²) in [6, 6.07) is 14.0. The van der Waals surface area contributed by atoms with E-state index in [0.717, 1.165) is 18.2 Å².